The Morgan fingerprint density at radius 1 is 1.23 bits per heavy atom. The predicted octanol–water partition coefficient (Wildman–Crippen LogP) is 5.08. The molecule has 0 bridgehead atoms. The molecule has 152 valence electrons. The summed E-state index contributed by atoms with van der Waals surface area (Å²) in [7, 11) is 0. The summed E-state index contributed by atoms with van der Waals surface area (Å²) in [5.41, 5.74) is 3.28. The lowest BCUT2D eigenvalue weighted by Crippen LogP contribution is -2.34. The molecule has 7 heteroatoms. The van der Waals surface area contributed by atoms with Crippen molar-refractivity contribution in [2.45, 2.75) is 25.6 Å². The van der Waals surface area contributed by atoms with Gasteiger partial charge in [0.2, 0.25) is 6.23 Å². The van der Waals surface area contributed by atoms with Gasteiger partial charge in [0, 0.05) is 40.5 Å². The second kappa shape index (κ2) is 7.54. The van der Waals surface area contributed by atoms with Crippen molar-refractivity contribution in [1.82, 2.24) is 9.99 Å². The zero-order chi connectivity index (χ0) is 20.7. The van der Waals surface area contributed by atoms with E-state index in [4.69, 9.17) is 26.2 Å². The zero-order valence-electron chi connectivity index (χ0n) is 16.3. The first kappa shape index (κ1) is 18.8. The highest BCUT2D eigenvalue weighted by Gasteiger charge is 2.42. The number of hydrogen-bond acceptors (Lipinski definition) is 6. The molecule has 0 amide bonds. The fraction of sp³-hybridized carbons (Fsp3) is 0.217. The number of hydrazone groups is 1. The summed E-state index contributed by atoms with van der Waals surface area (Å²) in [5, 5.41) is 17.7. The van der Waals surface area contributed by atoms with E-state index in [-0.39, 0.29) is 11.8 Å². The van der Waals surface area contributed by atoms with Crippen molar-refractivity contribution in [2.24, 2.45) is 5.10 Å². The first-order valence-corrected chi connectivity index (χ1v) is 10.2. The highest BCUT2D eigenvalue weighted by molar-refractivity contribution is 6.31. The van der Waals surface area contributed by atoms with E-state index in [1.165, 1.54) is 0 Å². The Morgan fingerprint density at radius 3 is 2.93 bits per heavy atom. The summed E-state index contributed by atoms with van der Waals surface area (Å²) in [5.74, 6) is 1.59. The molecule has 2 aliphatic heterocycles. The number of aromatic hydroxyl groups is 1. The maximum absolute atomic E-state index is 10.4. The van der Waals surface area contributed by atoms with Crippen molar-refractivity contribution < 1.29 is 14.6 Å². The van der Waals surface area contributed by atoms with E-state index in [0.717, 1.165) is 22.6 Å². The third kappa shape index (κ3) is 3.13. The van der Waals surface area contributed by atoms with Crippen LogP contribution in [0, 0.1) is 0 Å². The quantitative estimate of drug-likeness (QED) is 0.636. The van der Waals surface area contributed by atoms with Crippen molar-refractivity contribution in [3.63, 3.8) is 0 Å². The summed E-state index contributed by atoms with van der Waals surface area (Å²) in [6.45, 7) is 2.50. The minimum Gasteiger partial charge on any atom is -0.507 e. The van der Waals surface area contributed by atoms with Gasteiger partial charge in [0.15, 0.2) is 11.5 Å². The van der Waals surface area contributed by atoms with Gasteiger partial charge >= 0.3 is 0 Å². The van der Waals surface area contributed by atoms with Crippen LogP contribution in [0.15, 0.2) is 66.0 Å². The zero-order valence-corrected chi connectivity index (χ0v) is 17.1. The second-order valence-electron chi connectivity index (χ2n) is 7.17. The van der Waals surface area contributed by atoms with Crippen LogP contribution < -0.4 is 9.47 Å². The molecule has 0 spiro atoms. The number of phenols is 1. The minimum atomic E-state index is -0.461. The molecule has 1 aromatic heterocycles. The largest absolute Gasteiger partial charge is 0.507 e. The van der Waals surface area contributed by atoms with Gasteiger partial charge in [-0.25, -0.2) is 5.01 Å². The lowest BCUT2D eigenvalue weighted by molar-refractivity contribution is -0.0214. The number of ether oxygens (including phenoxy) is 2. The van der Waals surface area contributed by atoms with Crippen LogP contribution in [0.5, 0.6) is 17.2 Å². The van der Waals surface area contributed by atoms with Crippen LogP contribution in [-0.2, 0) is 0 Å². The van der Waals surface area contributed by atoms with E-state index in [9.17, 15) is 5.11 Å². The highest BCUT2D eigenvalue weighted by Crippen LogP contribution is 2.51. The lowest BCUT2D eigenvalue weighted by Gasteiger charge is -2.38. The molecule has 2 aliphatic rings. The third-order valence-electron chi connectivity index (χ3n) is 5.32. The Kier molecular flexibility index (Phi) is 4.71. The Hall–Kier alpha value is -3.25. The van der Waals surface area contributed by atoms with Gasteiger partial charge in [-0.3, -0.25) is 4.98 Å². The first-order chi connectivity index (χ1) is 14.7. The van der Waals surface area contributed by atoms with Crippen molar-refractivity contribution in [2.75, 3.05) is 6.61 Å². The van der Waals surface area contributed by atoms with Crippen LogP contribution in [0.25, 0.3) is 0 Å². The van der Waals surface area contributed by atoms with Gasteiger partial charge in [-0.2, -0.15) is 5.10 Å². The van der Waals surface area contributed by atoms with Gasteiger partial charge in [0.1, 0.15) is 5.75 Å². The lowest BCUT2D eigenvalue weighted by atomic mass is 9.95. The molecule has 2 aromatic carbocycles. The van der Waals surface area contributed by atoms with E-state index in [1.807, 2.05) is 42.3 Å². The molecule has 3 aromatic rings. The smallest absolute Gasteiger partial charge is 0.215 e. The second-order valence-corrected chi connectivity index (χ2v) is 7.61. The summed E-state index contributed by atoms with van der Waals surface area (Å²) >= 11 is 6.18. The normalized spacial score (nSPS) is 19.5. The number of rotatable bonds is 4. The number of halogens is 1. The van der Waals surface area contributed by atoms with Gasteiger partial charge in [0.05, 0.1) is 18.4 Å². The minimum absolute atomic E-state index is 0.0623. The Balaban J connectivity index is 1.63. The highest BCUT2D eigenvalue weighted by atomic mass is 35.5. The molecule has 2 atom stereocenters. The first-order valence-electron chi connectivity index (χ1n) is 9.82. The fourth-order valence-electron chi connectivity index (χ4n) is 4.00. The molecule has 6 nitrogen and oxygen atoms in total. The Morgan fingerprint density at radius 2 is 2.13 bits per heavy atom. The number of phenolic OH excluding ortho intramolecular Hbond substituents is 1. The van der Waals surface area contributed by atoms with Crippen LogP contribution in [0.1, 0.15) is 42.3 Å². The van der Waals surface area contributed by atoms with Gasteiger partial charge in [-0.15, -0.1) is 0 Å². The predicted molar refractivity (Wildman–Crippen MR) is 114 cm³/mol. The Bertz CT molecular complexity index is 1120. The standard InChI is InChI=1S/C23H20ClN3O3/c1-2-29-21-7-3-6-16-19-12-18(17-11-15(24)8-9-20(17)28)26-27(19)23(30-22(16)21)14-5-4-10-25-13-14/h3-11,13,19,23,28H,2,12H2,1H3/t19-,23-/m1/s1. The molecule has 0 saturated carbocycles. The van der Waals surface area contributed by atoms with Crippen molar-refractivity contribution in [3.05, 3.63) is 82.6 Å². The van der Waals surface area contributed by atoms with E-state index in [1.54, 1.807) is 30.6 Å². The van der Waals surface area contributed by atoms with Crippen molar-refractivity contribution in [1.29, 1.82) is 0 Å². The van der Waals surface area contributed by atoms with E-state index in [0.29, 0.717) is 29.4 Å². The van der Waals surface area contributed by atoms with Crippen molar-refractivity contribution >= 4 is 17.3 Å². The van der Waals surface area contributed by atoms with Gasteiger partial charge in [-0.05, 0) is 37.3 Å². The molecule has 30 heavy (non-hydrogen) atoms. The van der Waals surface area contributed by atoms with Crippen LogP contribution >= 0.6 is 11.6 Å². The van der Waals surface area contributed by atoms with Crippen LogP contribution in [0.3, 0.4) is 0 Å². The summed E-state index contributed by atoms with van der Waals surface area (Å²) < 4.78 is 12.2. The molecule has 0 radical (unpaired) electrons. The van der Waals surface area contributed by atoms with E-state index in [2.05, 4.69) is 4.98 Å². The molecular formula is C23H20ClN3O3. The average molecular weight is 422 g/mol. The summed E-state index contributed by atoms with van der Waals surface area (Å²) in [6.07, 6.45) is 3.65. The average Bonchev–Trinajstić information content (AvgIpc) is 3.21. The Labute approximate surface area is 179 Å². The molecule has 0 aliphatic carbocycles. The molecule has 0 fully saturated rings. The van der Waals surface area contributed by atoms with Gasteiger partial charge < -0.3 is 14.6 Å². The monoisotopic (exact) mass is 421 g/mol. The van der Waals surface area contributed by atoms with Crippen LogP contribution in [-0.4, -0.2) is 27.4 Å². The maximum Gasteiger partial charge on any atom is 0.215 e. The SMILES string of the molecule is CCOc1cccc2c1O[C@H](c1cccnc1)N1N=C(c3cc(Cl)ccc3O)C[C@H]21. The number of hydrogen-bond donors (Lipinski definition) is 1. The maximum atomic E-state index is 10.4. The number of benzene rings is 2. The summed E-state index contributed by atoms with van der Waals surface area (Å²) in [6, 6.07) is 14.7. The topological polar surface area (TPSA) is 67.2 Å². The van der Waals surface area contributed by atoms with Gasteiger partial charge in [-0.1, -0.05) is 29.8 Å². The molecule has 3 heterocycles. The molecule has 1 N–H and O–H groups in total. The number of pyridine rings is 1. The number of fused-ring (bicyclic) bond motifs is 3. The number of para-hydroxylation sites is 1. The van der Waals surface area contributed by atoms with E-state index < -0.39 is 6.23 Å². The number of nitrogens with zero attached hydrogens (tertiary/aromatic N) is 3. The molecular weight excluding hydrogens is 402 g/mol. The van der Waals surface area contributed by atoms with Crippen molar-refractivity contribution in [3.8, 4) is 17.2 Å². The van der Waals surface area contributed by atoms with E-state index >= 15 is 0 Å². The number of aromatic nitrogens is 1. The fourth-order valence-corrected chi connectivity index (χ4v) is 4.17. The van der Waals surface area contributed by atoms with Gasteiger partial charge in [0.25, 0.3) is 0 Å². The van der Waals surface area contributed by atoms with Crippen LogP contribution in [0.4, 0.5) is 0 Å². The molecule has 0 saturated heterocycles. The molecule has 5 rings (SSSR count). The summed E-state index contributed by atoms with van der Waals surface area (Å²) in [4.78, 5) is 4.25. The van der Waals surface area contributed by atoms with Crippen LogP contribution in [0.2, 0.25) is 5.02 Å². The molecule has 0 unspecified atom stereocenters. The third-order valence-corrected chi connectivity index (χ3v) is 5.55.